The fraction of sp³-hybridized carbons (Fsp3) is 0.526. The Bertz CT molecular complexity index is 906. The van der Waals surface area contributed by atoms with Crippen molar-refractivity contribution in [1.29, 1.82) is 0 Å². The summed E-state index contributed by atoms with van der Waals surface area (Å²) in [6.45, 7) is 7.03. The Morgan fingerprint density at radius 1 is 1.44 bits per heavy atom. The van der Waals surface area contributed by atoms with Crippen LogP contribution in [0.3, 0.4) is 0 Å². The molecule has 27 heavy (non-hydrogen) atoms. The van der Waals surface area contributed by atoms with Crippen LogP contribution in [0.25, 0.3) is 10.7 Å². The normalized spacial score (nSPS) is 22.6. The predicted molar refractivity (Wildman–Crippen MR) is 104 cm³/mol. The van der Waals surface area contributed by atoms with Crippen LogP contribution >= 0.6 is 11.3 Å². The van der Waals surface area contributed by atoms with Gasteiger partial charge in [0.05, 0.1) is 24.1 Å². The average molecular weight is 389 g/mol. The number of thiazole rings is 1. The SMILES string of the molecule is CC(C)(C)c1cnc(-c2nn(C/C=[N+](O)\C=C/N)c3c2CC2CCC3O2)s1. The second kappa shape index (κ2) is 6.76. The molecule has 144 valence electrons. The molecular formula is C19H26N5O2S+. The summed E-state index contributed by atoms with van der Waals surface area (Å²) in [6, 6.07) is 0. The number of fused-ring (bicyclic) bond motifs is 4. The van der Waals surface area contributed by atoms with Gasteiger partial charge in [0.1, 0.15) is 17.2 Å². The van der Waals surface area contributed by atoms with Gasteiger partial charge < -0.3 is 10.5 Å². The Kier molecular flexibility index (Phi) is 4.55. The molecule has 2 bridgehead atoms. The first kappa shape index (κ1) is 18.2. The summed E-state index contributed by atoms with van der Waals surface area (Å²) in [7, 11) is 0. The van der Waals surface area contributed by atoms with Gasteiger partial charge in [-0.15, -0.1) is 11.3 Å². The highest BCUT2D eigenvalue weighted by Gasteiger charge is 2.39. The van der Waals surface area contributed by atoms with Crippen molar-refractivity contribution in [3.63, 3.8) is 0 Å². The number of ether oxygens (including phenoxy) is 1. The summed E-state index contributed by atoms with van der Waals surface area (Å²) in [5.74, 6) is 0. The van der Waals surface area contributed by atoms with Crippen LogP contribution < -0.4 is 5.73 Å². The van der Waals surface area contributed by atoms with Crippen LogP contribution in [0.4, 0.5) is 0 Å². The molecule has 1 saturated heterocycles. The Morgan fingerprint density at radius 2 is 2.26 bits per heavy atom. The Hall–Kier alpha value is -2.19. The van der Waals surface area contributed by atoms with Crippen molar-refractivity contribution < 1.29 is 14.7 Å². The van der Waals surface area contributed by atoms with Crippen LogP contribution in [-0.4, -0.2) is 37.0 Å². The Balaban J connectivity index is 1.76. The molecule has 0 saturated carbocycles. The second-order valence-corrected chi connectivity index (χ2v) is 9.14. The van der Waals surface area contributed by atoms with E-state index < -0.39 is 0 Å². The molecule has 7 nitrogen and oxygen atoms in total. The van der Waals surface area contributed by atoms with Crippen molar-refractivity contribution in [3.8, 4) is 10.7 Å². The van der Waals surface area contributed by atoms with E-state index in [1.165, 1.54) is 22.8 Å². The Labute approximate surface area is 162 Å². The summed E-state index contributed by atoms with van der Waals surface area (Å²) in [5.41, 5.74) is 8.71. The fourth-order valence-electron chi connectivity index (χ4n) is 3.71. The molecule has 8 heteroatoms. The van der Waals surface area contributed by atoms with Gasteiger partial charge in [-0.3, -0.25) is 9.89 Å². The lowest BCUT2D eigenvalue weighted by Crippen LogP contribution is -2.20. The van der Waals surface area contributed by atoms with Gasteiger partial charge in [-0.2, -0.15) is 5.10 Å². The van der Waals surface area contributed by atoms with Crippen LogP contribution in [0.5, 0.6) is 0 Å². The van der Waals surface area contributed by atoms with Crippen molar-refractivity contribution in [1.82, 2.24) is 14.8 Å². The zero-order chi connectivity index (χ0) is 19.2. The smallest absolute Gasteiger partial charge is 0.237 e. The number of aromatic nitrogens is 3. The number of nitrogens with two attached hydrogens (primary N) is 1. The minimum Gasteiger partial charge on any atom is -0.400 e. The number of hydroxylamine groups is 1. The lowest BCUT2D eigenvalue weighted by atomic mass is 9.96. The van der Waals surface area contributed by atoms with E-state index in [9.17, 15) is 5.21 Å². The average Bonchev–Trinajstić information content (AvgIpc) is 3.31. The minimum absolute atomic E-state index is 0.0698. The maximum Gasteiger partial charge on any atom is 0.237 e. The third-order valence-corrected chi connectivity index (χ3v) is 6.50. The van der Waals surface area contributed by atoms with E-state index >= 15 is 0 Å². The van der Waals surface area contributed by atoms with Gasteiger partial charge in [-0.25, -0.2) is 4.98 Å². The monoisotopic (exact) mass is 388 g/mol. The fourth-order valence-corrected chi connectivity index (χ4v) is 4.70. The highest BCUT2D eigenvalue weighted by Crippen LogP contribution is 2.45. The minimum atomic E-state index is 0.0698. The summed E-state index contributed by atoms with van der Waals surface area (Å²) >= 11 is 1.71. The van der Waals surface area contributed by atoms with Crippen molar-refractivity contribution in [2.75, 3.05) is 0 Å². The van der Waals surface area contributed by atoms with Crippen LogP contribution in [0.1, 0.15) is 55.9 Å². The first-order valence-electron chi connectivity index (χ1n) is 9.27. The summed E-state index contributed by atoms with van der Waals surface area (Å²) in [6.07, 6.45) is 9.58. The van der Waals surface area contributed by atoms with Crippen molar-refractivity contribution in [3.05, 3.63) is 34.7 Å². The highest BCUT2D eigenvalue weighted by molar-refractivity contribution is 7.15. The lowest BCUT2D eigenvalue weighted by Gasteiger charge is -2.22. The zero-order valence-electron chi connectivity index (χ0n) is 15.9. The van der Waals surface area contributed by atoms with Crippen molar-refractivity contribution in [2.45, 2.75) is 64.2 Å². The quantitative estimate of drug-likeness (QED) is 0.364. The molecule has 0 radical (unpaired) electrons. The summed E-state index contributed by atoms with van der Waals surface area (Å²) in [5, 5.41) is 15.6. The molecule has 0 aliphatic carbocycles. The molecule has 2 aromatic rings. The number of nitrogens with zero attached hydrogens (tertiary/aromatic N) is 4. The van der Waals surface area contributed by atoms with Crippen LogP contribution in [0.2, 0.25) is 0 Å². The summed E-state index contributed by atoms with van der Waals surface area (Å²) in [4.78, 5) is 5.92. The predicted octanol–water partition coefficient (Wildman–Crippen LogP) is 2.98. The van der Waals surface area contributed by atoms with E-state index in [0.717, 1.165) is 40.4 Å². The molecule has 0 amide bonds. The zero-order valence-corrected chi connectivity index (χ0v) is 16.7. The molecule has 2 unspecified atom stereocenters. The van der Waals surface area contributed by atoms with Crippen LogP contribution in [0, 0.1) is 0 Å². The lowest BCUT2D eigenvalue weighted by molar-refractivity contribution is -0.722. The third kappa shape index (κ3) is 3.39. The van der Waals surface area contributed by atoms with Crippen LogP contribution in [0.15, 0.2) is 18.6 Å². The standard InChI is InChI=1S/C19H26N5O2S/c1-19(2,3)15-11-21-18(27-15)16-13-10-12-4-5-14(26-12)17(13)24(22-16)9-8-23(25)7-6-20/h6-8,11-12,14,25H,4-5,9-10,20H2,1-3H3/q+1/b7-6-,23-8+. The molecule has 0 spiro atoms. The van der Waals surface area contributed by atoms with Gasteiger partial charge >= 0.3 is 0 Å². The first-order valence-corrected chi connectivity index (χ1v) is 10.1. The molecular weight excluding hydrogens is 362 g/mol. The van der Waals surface area contributed by atoms with E-state index in [-0.39, 0.29) is 17.6 Å². The molecule has 2 aromatic heterocycles. The van der Waals surface area contributed by atoms with Crippen molar-refractivity contribution >= 4 is 17.6 Å². The van der Waals surface area contributed by atoms with E-state index in [1.54, 1.807) is 17.6 Å². The van der Waals surface area contributed by atoms with E-state index in [0.29, 0.717) is 6.54 Å². The van der Waals surface area contributed by atoms with E-state index in [2.05, 4.69) is 25.8 Å². The molecule has 0 aromatic carbocycles. The number of rotatable bonds is 4. The molecule has 2 aliphatic rings. The van der Waals surface area contributed by atoms with Crippen LogP contribution in [-0.2, 0) is 23.1 Å². The Morgan fingerprint density at radius 3 is 2.96 bits per heavy atom. The van der Waals surface area contributed by atoms with Gasteiger partial charge in [0.2, 0.25) is 12.4 Å². The third-order valence-electron chi connectivity index (χ3n) is 5.07. The molecule has 4 rings (SSSR count). The van der Waals surface area contributed by atoms with Gasteiger partial charge in [-0.1, -0.05) is 20.8 Å². The van der Waals surface area contributed by atoms with Gasteiger partial charge in [0, 0.05) is 27.8 Å². The van der Waals surface area contributed by atoms with E-state index in [1.807, 2.05) is 10.9 Å². The largest absolute Gasteiger partial charge is 0.400 e. The van der Waals surface area contributed by atoms with Crippen molar-refractivity contribution in [2.24, 2.45) is 5.73 Å². The topological polar surface area (TPSA) is 89.2 Å². The summed E-state index contributed by atoms with van der Waals surface area (Å²) < 4.78 is 9.01. The molecule has 2 atom stereocenters. The highest BCUT2D eigenvalue weighted by atomic mass is 32.1. The number of hydrogen-bond donors (Lipinski definition) is 2. The van der Waals surface area contributed by atoms with Gasteiger partial charge in [-0.05, 0) is 18.3 Å². The molecule has 1 fully saturated rings. The maximum atomic E-state index is 9.79. The molecule has 3 N–H and O–H groups in total. The maximum absolute atomic E-state index is 9.79. The number of hydrogen-bond acceptors (Lipinski definition) is 6. The van der Waals surface area contributed by atoms with E-state index in [4.69, 9.17) is 15.6 Å². The first-order chi connectivity index (χ1) is 12.9. The molecule has 2 aliphatic heterocycles. The van der Waals surface area contributed by atoms with Gasteiger partial charge in [0.15, 0.2) is 0 Å². The van der Waals surface area contributed by atoms with Gasteiger partial charge in [0.25, 0.3) is 0 Å². The second-order valence-electron chi connectivity index (χ2n) is 8.11. The molecule has 4 heterocycles.